The Hall–Kier alpha value is -4.24. The van der Waals surface area contributed by atoms with E-state index in [1.807, 2.05) is 7.05 Å². The number of likely N-dealkylation sites (tertiary alicyclic amines) is 1. The number of fused-ring (bicyclic) bond motifs is 1. The number of rotatable bonds is 7. The highest BCUT2D eigenvalue weighted by atomic mass is 19.4. The van der Waals surface area contributed by atoms with Crippen molar-refractivity contribution in [3.63, 3.8) is 0 Å². The van der Waals surface area contributed by atoms with Gasteiger partial charge < -0.3 is 29.7 Å². The molecular formula is C30H35F3N6O3. The smallest absolute Gasteiger partial charge is 0.406 e. The molecule has 224 valence electrons. The van der Waals surface area contributed by atoms with Crippen molar-refractivity contribution in [3.05, 3.63) is 53.3 Å². The lowest BCUT2D eigenvalue weighted by Gasteiger charge is -2.35. The summed E-state index contributed by atoms with van der Waals surface area (Å²) in [5, 5.41) is 6.20. The Kier molecular flexibility index (Phi) is 9.31. The predicted molar refractivity (Wildman–Crippen MR) is 155 cm³/mol. The standard InChI is InChI=1S/C30H35F3N6O3/c1-19-16-38(4)12-10-23(19)36-28(40)22-13-20(14-25-27(22)35-18-39(25)17-30(31,32)33)7-6-11-34-24-9-8-21(15-26(24)42-5)29(41)37(2)3/h8-9,13-15,18-19,23,34H,10-12,16-17H2,1-5H3,(H,36,40)/t19-,23-/m0/s1. The molecule has 1 aromatic heterocycles. The average molecular weight is 585 g/mol. The van der Waals surface area contributed by atoms with Gasteiger partial charge in [-0.05, 0) is 56.3 Å². The molecule has 4 rings (SSSR count). The fraction of sp³-hybridized carbons (Fsp3) is 0.433. The summed E-state index contributed by atoms with van der Waals surface area (Å²) in [5.74, 6) is 6.04. The topological polar surface area (TPSA) is 91.7 Å². The van der Waals surface area contributed by atoms with E-state index in [2.05, 4.69) is 39.3 Å². The summed E-state index contributed by atoms with van der Waals surface area (Å²) < 4.78 is 46.2. The molecule has 1 saturated heterocycles. The molecule has 2 amide bonds. The number of carbonyl (C=O) groups is 2. The van der Waals surface area contributed by atoms with Gasteiger partial charge in [0.05, 0.1) is 36.7 Å². The first-order chi connectivity index (χ1) is 19.9. The second-order valence-corrected chi connectivity index (χ2v) is 10.8. The molecule has 1 aliphatic rings. The highest BCUT2D eigenvalue weighted by Gasteiger charge is 2.30. The maximum atomic E-state index is 13.4. The molecule has 1 fully saturated rings. The van der Waals surface area contributed by atoms with Crippen molar-refractivity contribution in [2.75, 3.05) is 53.2 Å². The summed E-state index contributed by atoms with van der Waals surface area (Å²) in [6.45, 7) is 2.67. The van der Waals surface area contributed by atoms with Gasteiger partial charge in [0.25, 0.3) is 11.8 Å². The summed E-state index contributed by atoms with van der Waals surface area (Å²) in [6.07, 6.45) is -2.59. The number of amides is 2. The first-order valence-electron chi connectivity index (χ1n) is 13.5. The second-order valence-electron chi connectivity index (χ2n) is 10.8. The van der Waals surface area contributed by atoms with Gasteiger partial charge in [0.1, 0.15) is 17.8 Å². The number of anilines is 1. The third kappa shape index (κ3) is 7.33. The zero-order valence-electron chi connectivity index (χ0n) is 24.3. The highest BCUT2D eigenvalue weighted by Crippen LogP contribution is 2.27. The van der Waals surface area contributed by atoms with Crippen molar-refractivity contribution < 1.29 is 27.5 Å². The number of carbonyl (C=O) groups excluding carboxylic acids is 2. The van der Waals surface area contributed by atoms with Crippen LogP contribution in [0.1, 0.15) is 39.6 Å². The van der Waals surface area contributed by atoms with Crippen LogP contribution in [0.15, 0.2) is 36.7 Å². The van der Waals surface area contributed by atoms with Crippen molar-refractivity contribution >= 4 is 28.5 Å². The number of halogens is 3. The molecule has 0 bridgehead atoms. The lowest BCUT2D eigenvalue weighted by Crippen LogP contribution is -2.48. The van der Waals surface area contributed by atoms with Gasteiger partial charge >= 0.3 is 6.18 Å². The molecular weight excluding hydrogens is 549 g/mol. The minimum atomic E-state index is -4.46. The highest BCUT2D eigenvalue weighted by molar-refractivity contribution is 6.05. The van der Waals surface area contributed by atoms with E-state index in [0.29, 0.717) is 22.6 Å². The van der Waals surface area contributed by atoms with Crippen LogP contribution < -0.4 is 15.4 Å². The molecule has 3 aromatic rings. The lowest BCUT2D eigenvalue weighted by molar-refractivity contribution is -0.139. The molecule has 2 heterocycles. The quantitative estimate of drug-likeness (QED) is 0.410. The van der Waals surface area contributed by atoms with Gasteiger partial charge in [-0.25, -0.2) is 4.98 Å². The van der Waals surface area contributed by atoms with E-state index in [1.165, 1.54) is 18.1 Å². The Bertz CT molecular complexity index is 1520. The number of benzene rings is 2. The van der Waals surface area contributed by atoms with E-state index in [9.17, 15) is 22.8 Å². The number of aromatic nitrogens is 2. The number of methoxy groups -OCH3 is 1. The molecule has 0 radical (unpaired) electrons. The van der Waals surface area contributed by atoms with Crippen LogP contribution >= 0.6 is 0 Å². The molecule has 12 heteroatoms. The molecule has 9 nitrogen and oxygen atoms in total. The molecule has 42 heavy (non-hydrogen) atoms. The van der Waals surface area contributed by atoms with E-state index in [0.717, 1.165) is 30.4 Å². The fourth-order valence-electron chi connectivity index (χ4n) is 5.06. The first-order valence-corrected chi connectivity index (χ1v) is 13.5. The van der Waals surface area contributed by atoms with E-state index in [4.69, 9.17) is 4.74 Å². The third-order valence-electron chi connectivity index (χ3n) is 7.20. The lowest BCUT2D eigenvalue weighted by atomic mass is 9.93. The van der Waals surface area contributed by atoms with Gasteiger partial charge in [-0.2, -0.15) is 13.2 Å². The Morgan fingerprint density at radius 1 is 1.21 bits per heavy atom. The number of hydrogen-bond donors (Lipinski definition) is 2. The summed E-state index contributed by atoms with van der Waals surface area (Å²) in [4.78, 5) is 33.5. The number of alkyl halides is 3. The first kappa shape index (κ1) is 30.7. The maximum absolute atomic E-state index is 13.4. The maximum Gasteiger partial charge on any atom is 0.406 e. The van der Waals surface area contributed by atoms with Crippen molar-refractivity contribution in [3.8, 4) is 17.6 Å². The van der Waals surface area contributed by atoms with Crippen LogP contribution in [-0.2, 0) is 6.54 Å². The SMILES string of the molecule is COc1cc(C(=O)N(C)C)ccc1NCC#Cc1cc(C(=O)N[C@H]2CCN(C)C[C@@H]2C)c2ncn(CC(F)(F)F)c2c1. The molecule has 2 N–H and O–H groups in total. The van der Waals surface area contributed by atoms with Crippen LogP contribution in [0, 0.1) is 17.8 Å². The fourth-order valence-corrected chi connectivity index (χ4v) is 5.06. The summed E-state index contributed by atoms with van der Waals surface area (Å²) in [6, 6.07) is 8.03. The van der Waals surface area contributed by atoms with Gasteiger partial charge in [0, 0.05) is 37.8 Å². The number of imidazole rings is 1. The van der Waals surface area contributed by atoms with Crippen molar-refractivity contribution in [1.82, 2.24) is 24.7 Å². The zero-order chi connectivity index (χ0) is 30.6. The van der Waals surface area contributed by atoms with Crippen LogP contribution in [0.3, 0.4) is 0 Å². The minimum absolute atomic E-state index is 0.0608. The summed E-state index contributed by atoms with van der Waals surface area (Å²) in [5.41, 5.74) is 2.02. The number of nitrogens with zero attached hydrogens (tertiary/aromatic N) is 4. The van der Waals surface area contributed by atoms with Crippen molar-refractivity contribution in [1.29, 1.82) is 0 Å². The molecule has 2 atom stereocenters. The normalized spacial score (nSPS) is 17.3. The van der Waals surface area contributed by atoms with E-state index in [-0.39, 0.29) is 41.0 Å². The number of piperidine rings is 1. The average Bonchev–Trinajstić information content (AvgIpc) is 3.32. The van der Waals surface area contributed by atoms with Crippen LogP contribution in [0.5, 0.6) is 5.75 Å². The largest absolute Gasteiger partial charge is 0.495 e. The van der Waals surface area contributed by atoms with Crippen LogP contribution in [0.25, 0.3) is 11.0 Å². The molecule has 0 saturated carbocycles. The zero-order valence-corrected chi connectivity index (χ0v) is 24.3. The van der Waals surface area contributed by atoms with Crippen LogP contribution in [0.2, 0.25) is 0 Å². The third-order valence-corrected chi connectivity index (χ3v) is 7.20. The van der Waals surface area contributed by atoms with Gasteiger partial charge in [-0.1, -0.05) is 18.8 Å². The number of ether oxygens (including phenoxy) is 1. The van der Waals surface area contributed by atoms with Gasteiger partial charge in [-0.15, -0.1) is 0 Å². The number of nitrogens with one attached hydrogen (secondary N) is 2. The molecule has 2 aromatic carbocycles. The molecule has 1 aliphatic heterocycles. The van der Waals surface area contributed by atoms with Gasteiger partial charge in [0.2, 0.25) is 0 Å². The van der Waals surface area contributed by atoms with E-state index >= 15 is 0 Å². The number of hydrogen-bond acceptors (Lipinski definition) is 6. The van der Waals surface area contributed by atoms with Crippen molar-refractivity contribution in [2.24, 2.45) is 5.92 Å². The Morgan fingerprint density at radius 3 is 2.64 bits per heavy atom. The Balaban J connectivity index is 1.59. The van der Waals surface area contributed by atoms with Crippen molar-refractivity contribution in [2.45, 2.75) is 32.1 Å². The summed E-state index contributed by atoms with van der Waals surface area (Å²) in [7, 11) is 6.84. The molecule has 0 aliphatic carbocycles. The van der Waals surface area contributed by atoms with Gasteiger partial charge in [-0.3, -0.25) is 9.59 Å². The monoisotopic (exact) mass is 584 g/mol. The molecule has 0 unspecified atom stereocenters. The van der Waals surface area contributed by atoms with E-state index < -0.39 is 18.6 Å². The van der Waals surface area contributed by atoms with Crippen LogP contribution in [-0.4, -0.2) is 91.3 Å². The Morgan fingerprint density at radius 2 is 1.98 bits per heavy atom. The predicted octanol–water partition coefficient (Wildman–Crippen LogP) is 3.84. The molecule has 0 spiro atoms. The van der Waals surface area contributed by atoms with Gasteiger partial charge in [0.15, 0.2) is 0 Å². The van der Waals surface area contributed by atoms with E-state index in [1.54, 1.807) is 38.4 Å². The van der Waals surface area contributed by atoms with Crippen LogP contribution in [0.4, 0.5) is 18.9 Å². The second kappa shape index (κ2) is 12.7. The Labute approximate surface area is 243 Å². The minimum Gasteiger partial charge on any atom is -0.495 e. The summed E-state index contributed by atoms with van der Waals surface area (Å²) >= 11 is 0.